The highest BCUT2D eigenvalue weighted by molar-refractivity contribution is 7.99. The standard InChI is InChI=1S/C26H23N5O2S/c1-3-29(19-9-5-4-6-10-19)23(32)17-34-26-28-27-25-30(20-15-13-18(2)14-16-20)24(33)21-11-7-8-12-22(21)31(25)26/h4-16H,3,17H2,1-2H3. The van der Waals surface area contributed by atoms with Crippen LogP contribution in [-0.4, -0.2) is 37.4 Å². The number of benzene rings is 3. The lowest BCUT2D eigenvalue weighted by Crippen LogP contribution is -2.32. The average molecular weight is 470 g/mol. The maximum atomic E-state index is 13.4. The van der Waals surface area contributed by atoms with Gasteiger partial charge in [0.1, 0.15) is 0 Å². The van der Waals surface area contributed by atoms with Crippen molar-refractivity contribution in [1.29, 1.82) is 0 Å². The van der Waals surface area contributed by atoms with Crippen molar-refractivity contribution in [2.45, 2.75) is 19.0 Å². The Labute approximate surface area is 200 Å². The van der Waals surface area contributed by atoms with Crippen LogP contribution in [0, 0.1) is 6.92 Å². The molecule has 0 aliphatic heterocycles. The van der Waals surface area contributed by atoms with Gasteiger partial charge in [-0.15, -0.1) is 10.2 Å². The topological polar surface area (TPSA) is 72.5 Å². The third-order valence-corrected chi connectivity index (χ3v) is 6.61. The second-order valence-electron chi connectivity index (χ2n) is 7.87. The zero-order chi connectivity index (χ0) is 23.7. The van der Waals surface area contributed by atoms with Crippen LogP contribution in [0.2, 0.25) is 0 Å². The van der Waals surface area contributed by atoms with Crippen LogP contribution in [0.3, 0.4) is 0 Å². The Kier molecular flexibility index (Phi) is 5.90. The lowest BCUT2D eigenvalue weighted by Gasteiger charge is -2.20. The molecule has 0 unspecified atom stereocenters. The number of nitrogens with zero attached hydrogens (tertiary/aromatic N) is 5. The Balaban J connectivity index is 1.57. The molecule has 5 rings (SSSR count). The SMILES string of the molecule is CCN(C(=O)CSc1nnc2n(-c3ccc(C)cc3)c(=O)c3ccccc3n12)c1ccccc1. The summed E-state index contributed by atoms with van der Waals surface area (Å²) in [6, 6.07) is 24.7. The van der Waals surface area contributed by atoms with Crippen molar-refractivity contribution in [2.24, 2.45) is 0 Å². The Morgan fingerprint density at radius 1 is 0.941 bits per heavy atom. The first-order valence-corrected chi connectivity index (χ1v) is 12.0. The van der Waals surface area contributed by atoms with Crippen LogP contribution < -0.4 is 10.5 Å². The summed E-state index contributed by atoms with van der Waals surface area (Å²) in [6.45, 7) is 4.52. The van der Waals surface area contributed by atoms with Gasteiger partial charge in [-0.2, -0.15) is 0 Å². The summed E-state index contributed by atoms with van der Waals surface area (Å²) < 4.78 is 3.43. The van der Waals surface area contributed by atoms with Gasteiger partial charge in [0.25, 0.3) is 5.56 Å². The minimum Gasteiger partial charge on any atom is -0.312 e. The summed E-state index contributed by atoms with van der Waals surface area (Å²) in [5, 5.41) is 9.84. The molecule has 170 valence electrons. The normalized spacial score (nSPS) is 11.2. The summed E-state index contributed by atoms with van der Waals surface area (Å²) in [5.41, 5.74) is 3.23. The number of para-hydroxylation sites is 2. The second-order valence-corrected chi connectivity index (χ2v) is 8.82. The third kappa shape index (κ3) is 3.86. The van der Waals surface area contributed by atoms with E-state index in [2.05, 4.69) is 10.2 Å². The van der Waals surface area contributed by atoms with E-state index in [1.54, 1.807) is 15.5 Å². The molecule has 0 spiro atoms. The molecular weight excluding hydrogens is 446 g/mol. The number of carbonyl (C=O) groups excluding carboxylic acids is 1. The van der Waals surface area contributed by atoms with Gasteiger partial charge in [0, 0.05) is 12.2 Å². The lowest BCUT2D eigenvalue weighted by molar-refractivity contribution is -0.116. The highest BCUT2D eigenvalue weighted by atomic mass is 32.2. The quantitative estimate of drug-likeness (QED) is 0.343. The van der Waals surface area contributed by atoms with Gasteiger partial charge in [0.05, 0.1) is 22.3 Å². The number of amides is 1. The van der Waals surface area contributed by atoms with Gasteiger partial charge < -0.3 is 4.90 Å². The number of thioether (sulfide) groups is 1. The Hall–Kier alpha value is -3.91. The molecule has 8 heteroatoms. The van der Waals surface area contributed by atoms with Crippen LogP contribution >= 0.6 is 11.8 Å². The predicted molar refractivity (Wildman–Crippen MR) is 136 cm³/mol. The minimum absolute atomic E-state index is 0.0217. The second kappa shape index (κ2) is 9.15. The Bertz CT molecular complexity index is 1540. The average Bonchev–Trinajstić information content (AvgIpc) is 3.29. The van der Waals surface area contributed by atoms with Crippen molar-refractivity contribution in [2.75, 3.05) is 17.2 Å². The minimum atomic E-state index is -0.159. The van der Waals surface area contributed by atoms with Crippen LogP contribution in [0.4, 0.5) is 5.69 Å². The molecule has 0 atom stereocenters. The van der Waals surface area contributed by atoms with E-state index in [1.165, 1.54) is 11.8 Å². The maximum absolute atomic E-state index is 13.4. The molecule has 0 radical (unpaired) electrons. The monoisotopic (exact) mass is 469 g/mol. The van der Waals surface area contributed by atoms with E-state index in [0.29, 0.717) is 34.1 Å². The molecule has 0 saturated heterocycles. The van der Waals surface area contributed by atoms with E-state index in [9.17, 15) is 9.59 Å². The first-order valence-electron chi connectivity index (χ1n) is 11.0. The van der Waals surface area contributed by atoms with Crippen LogP contribution in [0.5, 0.6) is 0 Å². The molecule has 2 heterocycles. The van der Waals surface area contributed by atoms with Gasteiger partial charge in [-0.05, 0) is 50.2 Å². The zero-order valence-electron chi connectivity index (χ0n) is 18.9. The highest BCUT2D eigenvalue weighted by Crippen LogP contribution is 2.24. The molecule has 1 amide bonds. The number of aryl methyl sites for hydroxylation is 1. The van der Waals surface area contributed by atoms with Gasteiger partial charge in [-0.3, -0.25) is 14.0 Å². The van der Waals surface area contributed by atoms with Crippen LogP contribution in [0.25, 0.3) is 22.4 Å². The van der Waals surface area contributed by atoms with E-state index >= 15 is 0 Å². The summed E-state index contributed by atoms with van der Waals surface area (Å²) in [7, 11) is 0. The number of anilines is 1. The van der Waals surface area contributed by atoms with Crippen LogP contribution in [0.15, 0.2) is 88.8 Å². The van der Waals surface area contributed by atoms with Crippen molar-refractivity contribution in [3.05, 3.63) is 94.8 Å². The fourth-order valence-corrected chi connectivity index (χ4v) is 4.83. The third-order valence-electron chi connectivity index (χ3n) is 5.70. The number of hydrogen-bond donors (Lipinski definition) is 0. The van der Waals surface area contributed by atoms with Crippen LogP contribution in [0.1, 0.15) is 12.5 Å². The van der Waals surface area contributed by atoms with E-state index in [1.807, 2.05) is 91.0 Å². The number of hydrogen-bond acceptors (Lipinski definition) is 5. The number of fused-ring (bicyclic) bond motifs is 3. The summed E-state index contributed by atoms with van der Waals surface area (Å²) in [4.78, 5) is 28.2. The predicted octanol–water partition coefficient (Wildman–Crippen LogP) is 4.49. The van der Waals surface area contributed by atoms with Gasteiger partial charge in [0.15, 0.2) is 5.16 Å². The summed E-state index contributed by atoms with van der Waals surface area (Å²) in [6.07, 6.45) is 0. The van der Waals surface area contributed by atoms with E-state index in [4.69, 9.17) is 0 Å². The number of carbonyl (C=O) groups is 1. The van der Waals surface area contributed by atoms with Gasteiger partial charge >= 0.3 is 0 Å². The fraction of sp³-hybridized carbons (Fsp3) is 0.154. The van der Waals surface area contributed by atoms with Crippen molar-refractivity contribution < 1.29 is 4.79 Å². The molecule has 2 aromatic heterocycles. The van der Waals surface area contributed by atoms with Gasteiger partial charge in [-0.25, -0.2) is 4.57 Å². The van der Waals surface area contributed by atoms with Crippen molar-refractivity contribution in [1.82, 2.24) is 19.2 Å². The molecule has 5 aromatic rings. The van der Waals surface area contributed by atoms with Crippen molar-refractivity contribution in [3.63, 3.8) is 0 Å². The maximum Gasteiger partial charge on any atom is 0.267 e. The molecule has 0 N–H and O–H groups in total. The Morgan fingerprint density at radius 2 is 1.65 bits per heavy atom. The first kappa shape index (κ1) is 21.9. The van der Waals surface area contributed by atoms with Crippen LogP contribution in [-0.2, 0) is 4.79 Å². The summed E-state index contributed by atoms with van der Waals surface area (Å²) in [5.74, 6) is 0.589. The molecule has 0 bridgehead atoms. The fourth-order valence-electron chi connectivity index (χ4n) is 4.01. The van der Waals surface area contributed by atoms with E-state index in [0.717, 1.165) is 11.3 Å². The molecule has 0 aliphatic rings. The smallest absolute Gasteiger partial charge is 0.267 e. The van der Waals surface area contributed by atoms with E-state index in [-0.39, 0.29) is 17.2 Å². The van der Waals surface area contributed by atoms with Crippen molar-refractivity contribution >= 4 is 40.0 Å². The largest absolute Gasteiger partial charge is 0.312 e. The molecule has 0 fully saturated rings. The molecule has 34 heavy (non-hydrogen) atoms. The zero-order valence-corrected chi connectivity index (χ0v) is 19.7. The highest BCUT2D eigenvalue weighted by Gasteiger charge is 2.20. The summed E-state index contributed by atoms with van der Waals surface area (Å²) >= 11 is 1.31. The molecule has 0 aliphatic carbocycles. The molecule has 3 aromatic carbocycles. The number of aromatic nitrogens is 4. The van der Waals surface area contributed by atoms with Crippen molar-refractivity contribution in [3.8, 4) is 5.69 Å². The lowest BCUT2D eigenvalue weighted by atomic mass is 10.2. The molecule has 0 saturated carbocycles. The van der Waals surface area contributed by atoms with Gasteiger partial charge in [-0.1, -0.05) is 59.8 Å². The number of rotatable bonds is 6. The molecular formula is C26H23N5O2S. The van der Waals surface area contributed by atoms with Gasteiger partial charge in [0.2, 0.25) is 11.7 Å². The first-order chi connectivity index (χ1) is 16.6. The molecule has 7 nitrogen and oxygen atoms in total. The van der Waals surface area contributed by atoms with E-state index < -0.39 is 0 Å². The Morgan fingerprint density at radius 3 is 2.38 bits per heavy atom.